The fourth-order valence-electron chi connectivity index (χ4n) is 1.47. The summed E-state index contributed by atoms with van der Waals surface area (Å²) in [7, 11) is 0. The Morgan fingerprint density at radius 3 is 2.76 bits per heavy atom. The highest BCUT2D eigenvalue weighted by atomic mass is 35.5. The lowest BCUT2D eigenvalue weighted by Crippen LogP contribution is -2.03. The van der Waals surface area contributed by atoms with Crippen LogP contribution in [0.3, 0.4) is 0 Å². The smallest absolute Gasteiger partial charge is 0.0594 e. The first-order chi connectivity index (χ1) is 8.28. The van der Waals surface area contributed by atoms with E-state index in [0.29, 0.717) is 13.1 Å². The summed E-state index contributed by atoms with van der Waals surface area (Å²) in [5.41, 5.74) is 8.51. The first-order valence-electron chi connectivity index (χ1n) is 5.41. The molecule has 0 saturated carbocycles. The number of rotatable bonds is 4. The van der Waals surface area contributed by atoms with Gasteiger partial charge >= 0.3 is 0 Å². The minimum atomic E-state index is 0.523. The van der Waals surface area contributed by atoms with E-state index >= 15 is 0 Å². The predicted octanol–water partition coefficient (Wildman–Crippen LogP) is 2.81. The highest BCUT2D eigenvalue weighted by molar-refractivity contribution is 6.30. The van der Waals surface area contributed by atoms with Gasteiger partial charge in [0.2, 0.25) is 0 Å². The molecule has 1 heterocycles. The van der Waals surface area contributed by atoms with E-state index in [2.05, 4.69) is 10.3 Å². The first-order valence-corrected chi connectivity index (χ1v) is 5.79. The number of hydrogen-bond acceptors (Lipinski definition) is 3. The highest BCUT2D eigenvalue weighted by Crippen LogP contribution is 2.15. The maximum absolute atomic E-state index is 5.90. The molecule has 2 rings (SSSR count). The lowest BCUT2D eigenvalue weighted by atomic mass is 10.2. The van der Waals surface area contributed by atoms with Gasteiger partial charge in [-0.05, 0) is 29.8 Å². The van der Waals surface area contributed by atoms with Crippen LogP contribution >= 0.6 is 11.6 Å². The number of benzene rings is 1. The van der Waals surface area contributed by atoms with Gasteiger partial charge in [-0.1, -0.05) is 23.7 Å². The summed E-state index contributed by atoms with van der Waals surface area (Å²) >= 11 is 5.90. The molecule has 88 valence electrons. The van der Waals surface area contributed by atoms with Gasteiger partial charge in [0.05, 0.1) is 12.2 Å². The zero-order valence-electron chi connectivity index (χ0n) is 9.36. The lowest BCUT2D eigenvalue weighted by Gasteiger charge is -2.06. The van der Waals surface area contributed by atoms with Crippen LogP contribution in [0.4, 0.5) is 5.69 Å². The van der Waals surface area contributed by atoms with Gasteiger partial charge in [-0.15, -0.1) is 0 Å². The molecule has 0 saturated heterocycles. The van der Waals surface area contributed by atoms with Gasteiger partial charge < -0.3 is 11.1 Å². The summed E-state index contributed by atoms with van der Waals surface area (Å²) in [5, 5.41) is 3.98. The van der Waals surface area contributed by atoms with Gasteiger partial charge in [-0.3, -0.25) is 4.98 Å². The van der Waals surface area contributed by atoms with E-state index < -0.39 is 0 Å². The average molecular weight is 248 g/mol. The Morgan fingerprint density at radius 2 is 2.12 bits per heavy atom. The fourth-order valence-corrected chi connectivity index (χ4v) is 1.66. The van der Waals surface area contributed by atoms with Gasteiger partial charge in [0.25, 0.3) is 0 Å². The van der Waals surface area contributed by atoms with Crippen molar-refractivity contribution in [1.82, 2.24) is 4.98 Å². The molecule has 0 radical (unpaired) electrons. The molecular formula is C13H14ClN3. The van der Waals surface area contributed by atoms with Crippen molar-refractivity contribution >= 4 is 17.3 Å². The van der Waals surface area contributed by atoms with Crippen molar-refractivity contribution in [2.75, 3.05) is 5.32 Å². The highest BCUT2D eigenvalue weighted by Gasteiger charge is 1.96. The Bertz CT molecular complexity index is 482. The summed E-state index contributed by atoms with van der Waals surface area (Å²) in [4.78, 5) is 4.31. The molecule has 0 spiro atoms. The van der Waals surface area contributed by atoms with Crippen LogP contribution in [-0.4, -0.2) is 4.98 Å². The molecule has 1 aromatic carbocycles. The van der Waals surface area contributed by atoms with E-state index in [1.54, 1.807) is 6.20 Å². The van der Waals surface area contributed by atoms with Crippen LogP contribution in [0, 0.1) is 0 Å². The Morgan fingerprint density at radius 1 is 1.24 bits per heavy atom. The van der Waals surface area contributed by atoms with Gasteiger partial charge in [-0.2, -0.15) is 0 Å². The van der Waals surface area contributed by atoms with Crippen LogP contribution in [0.1, 0.15) is 11.3 Å². The number of anilines is 1. The Labute approximate surface area is 106 Å². The third-order valence-corrected chi connectivity index (χ3v) is 2.66. The maximum atomic E-state index is 5.90. The molecule has 0 unspecified atom stereocenters. The standard InChI is InChI=1S/C13H14ClN3/c14-11-2-1-3-12(6-11)17-9-13-5-4-10(7-15)8-16-13/h1-6,8,17H,7,9,15H2. The fraction of sp³-hybridized carbons (Fsp3) is 0.154. The molecule has 0 aliphatic carbocycles. The van der Waals surface area contributed by atoms with E-state index in [1.807, 2.05) is 36.4 Å². The van der Waals surface area contributed by atoms with Crippen molar-refractivity contribution in [2.24, 2.45) is 5.73 Å². The largest absolute Gasteiger partial charge is 0.379 e. The third-order valence-electron chi connectivity index (χ3n) is 2.42. The van der Waals surface area contributed by atoms with Crippen molar-refractivity contribution in [1.29, 1.82) is 0 Å². The molecule has 0 amide bonds. The van der Waals surface area contributed by atoms with Crippen molar-refractivity contribution in [3.63, 3.8) is 0 Å². The molecule has 0 atom stereocenters. The second-order valence-electron chi connectivity index (χ2n) is 3.73. The average Bonchev–Trinajstić information content (AvgIpc) is 2.37. The number of nitrogens with zero attached hydrogens (tertiary/aromatic N) is 1. The van der Waals surface area contributed by atoms with Crippen LogP contribution in [-0.2, 0) is 13.1 Å². The van der Waals surface area contributed by atoms with E-state index in [-0.39, 0.29) is 0 Å². The molecule has 1 aromatic heterocycles. The molecule has 0 bridgehead atoms. The number of halogens is 1. The van der Waals surface area contributed by atoms with Crippen LogP contribution in [0.5, 0.6) is 0 Å². The molecule has 3 nitrogen and oxygen atoms in total. The molecule has 4 heteroatoms. The zero-order valence-corrected chi connectivity index (χ0v) is 10.1. The van der Waals surface area contributed by atoms with Crippen LogP contribution in [0.2, 0.25) is 5.02 Å². The molecule has 2 aromatic rings. The summed E-state index contributed by atoms with van der Waals surface area (Å²) in [6, 6.07) is 11.6. The SMILES string of the molecule is NCc1ccc(CNc2cccc(Cl)c2)nc1. The number of aromatic nitrogens is 1. The Balaban J connectivity index is 1.97. The Hall–Kier alpha value is -1.58. The molecule has 0 fully saturated rings. The van der Waals surface area contributed by atoms with Crippen LogP contribution in [0.15, 0.2) is 42.6 Å². The predicted molar refractivity (Wildman–Crippen MR) is 70.9 cm³/mol. The van der Waals surface area contributed by atoms with Gasteiger partial charge in [0.1, 0.15) is 0 Å². The molecule has 17 heavy (non-hydrogen) atoms. The van der Waals surface area contributed by atoms with Gasteiger partial charge in [0.15, 0.2) is 0 Å². The zero-order chi connectivity index (χ0) is 12.1. The number of nitrogens with two attached hydrogens (primary N) is 1. The monoisotopic (exact) mass is 247 g/mol. The van der Waals surface area contributed by atoms with Crippen molar-refractivity contribution < 1.29 is 0 Å². The van der Waals surface area contributed by atoms with Gasteiger partial charge in [0, 0.05) is 23.5 Å². The lowest BCUT2D eigenvalue weighted by molar-refractivity contribution is 0.994. The summed E-state index contributed by atoms with van der Waals surface area (Å²) < 4.78 is 0. The second kappa shape index (κ2) is 5.66. The van der Waals surface area contributed by atoms with Crippen molar-refractivity contribution in [3.05, 3.63) is 58.9 Å². The third kappa shape index (κ3) is 3.44. The van der Waals surface area contributed by atoms with E-state index in [0.717, 1.165) is 22.0 Å². The number of hydrogen-bond donors (Lipinski definition) is 2. The molecular weight excluding hydrogens is 234 g/mol. The van der Waals surface area contributed by atoms with Crippen LogP contribution < -0.4 is 11.1 Å². The van der Waals surface area contributed by atoms with Crippen molar-refractivity contribution in [2.45, 2.75) is 13.1 Å². The first kappa shape index (κ1) is 11.9. The summed E-state index contributed by atoms with van der Waals surface area (Å²) in [5.74, 6) is 0. The topological polar surface area (TPSA) is 50.9 Å². The van der Waals surface area contributed by atoms with E-state index in [1.165, 1.54) is 0 Å². The molecule has 0 aliphatic rings. The van der Waals surface area contributed by atoms with Crippen molar-refractivity contribution in [3.8, 4) is 0 Å². The maximum Gasteiger partial charge on any atom is 0.0594 e. The Kier molecular flexibility index (Phi) is 3.96. The molecule has 3 N–H and O–H groups in total. The van der Waals surface area contributed by atoms with E-state index in [9.17, 15) is 0 Å². The normalized spacial score (nSPS) is 10.2. The number of pyridine rings is 1. The second-order valence-corrected chi connectivity index (χ2v) is 4.16. The van der Waals surface area contributed by atoms with E-state index in [4.69, 9.17) is 17.3 Å². The summed E-state index contributed by atoms with van der Waals surface area (Å²) in [6.45, 7) is 1.19. The minimum Gasteiger partial charge on any atom is -0.379 e. The van der Waals surface area contributed by atoms with Gasteiger partial charge in [-0.25, -0.2) is 0 Å². The quantitative estimate of drug-likeness (QED) is 0.874. The summed E-state index contributed by atoms with van der Waals surface area (Å²) in [6.07, 6.45) is 1.80. The minimum absolute atomic E-state index is 0.523. The molecule has 0 aliphatic heterocycles. The van der Waals surface area contributed by atoms with Crippen LogP contribution in [0.25, 0.3) is 0 Å². The number of nitrogens with one attached hydrogen (secondary N) is 1.